The molecule has 0 bridgehead atoms. The monoisotopic (exact) mass is 72.1 g/mol. The summed E-state index contributed by atoms with van der Waals surface area (Å²) in [6, 6.07) is 0. The van der Waals surface area contributed by atoms with E-state index in [1.165, 1.54) is 0 Å². The summed E-state index contributed by atoms with van der Waals surface area (Å²) in [6.45, 7) is 3.24. The van der Waals surface area contributed by atoms with Gasteiger partial charge in [0.05, 0.1) is 0 Å². The normalized spacial score (nSPS) is 6.80. The van der Waals surface area contributed by atoms with Crippen LogP contribution in [-0.4, -0.2) is 25.8 Å². The minimum atomic E-state index is 1.64. The Balaban J connectivity index is 2.83. The van der Waals surface area contributed by atoms with Gasteiger partial charge in [-0.1, -0.05) is 0 Å². The van der Waals surface area contributed by atoms with Gasteiger partial charge < -0.3 is 5.01 Å². The lowest BCUT2D eigenvalue weighted by Crippen LogP contribution is -1.98. The van der Waals surface area contributed by atoms with Crippen LogP contribution >= 0.6 is 0 Å². The van der Waals surface area contributed by atoms with E-state index in [4.69, 9.17) is 0 Å². The predicted octanol–water partition coefficient (Wildman–Crippen LogP) is 0.164. The predicted molar refractivity (Wildman–Crippen MR) is 23.2 cm³/mol. The van der Waals surface area contributed by atoms with E-state index in [2.05, 4.69) is 11.8 Å². The third-order valence-electron chi connectivity index (χ3n) is 0.283. The molecule has 0 aromatic carbocycles. The van der Waals surface area contributed by atoms with E-state index in [9.17, 15) is 0 Å². The van der Waals surface area contributed by atoms with E-state index in [1.54, 1.807) is 5.01 Å². The topological polar surface area (TPSA) is 15.6 Å². The van der Waals surface area contributed by atoms with Crippen LogP contribution in [0.5, 0.6) is 0 Å². The lowest BCUT2D eigenvalue weighted by molar-refractivity contribution is 0.442. The maximum Gasteiger partial charge on any atom is 0.0244 e. The van der Waals surface area contributed by atoms with Gasteiger partial charge in [-0.05, 0) is 0 Å². The number of hydrazone groups is 1. The molecule has 0 unspecified atom stereocenters. The van der Waals surface area contributed by atoms with Gasteiger partial charge in [0.15, 0.2) is 0 Å². The minimum absolute atomic E-state index is 1.64. The van der Waals surface area contributed by atoms with Gasteiger partial charge in [0.25, 0.3) is 0 Å². The highest BCUT2D eigenvalue weighted by atomic mass is 15.4. The number of rotatable bonds is 1. The highest BCUT2D eigenvalue weighted by molar-refractivity contribution is 5.22. The molecule has 0 heterocycles. The highest BCUT2D eigenvalue weighted by Crippen LogP contribution is 1.63. The first-order valence-corrected chi connectivity index (χ1v) is 1.41. The lowest BCUT2D eigenvalue weighted by atomic mass is 11.2. The molecule has 0 spiro atoms. The third-order valence-corrected chi connectivity index (χ3v) is 0.283. The maximum atomic E-state index is 3.47. The fraction of sp³-hybridized carbons (Fsp3) is 0.667. The summed E-state index contributed by atoms with van der Waals surface area (Å²) in [4.78, 5) is 0. The molecular weight excluding hydrogens is 64.0 g/mol. The van der Waals surface area contributed by atoms with Gasteiger partial charge in [0.1, 0.15) is 0 Å². The smallest absolute Gasteiger partial charge is 0.0244 e. The molecule has 0 fully saturated rings. The average Bonchev–Trinajstić information content (AvgIpc) is 1.38. The van der Waals surface area contributed by atoms with Crippen molar-refractivity contribution in [1.29, 1.82) is 0 Å². The summed E-state index contributed by atoms with van der Waals surface area (Å²) in [6.07, 6.45) is 0. The van der Waals surface area contributed by atoms with Crippen LogP contribution in [0.1, 0.15) is 0 Å². The van der Waals surface area contributed by atoms with Crippen LogP contribution in [0.15, 0.2) is 5.10 Å². The molecule has 0 aliphatic heterocycles. The van der Waals surface area contributed by atoms with Gasteiger partial charge in [0, 0.05) is 20.8 Å². The molecule has 0 aliphatic carbocycles. The first-order valence-electron chi connectivity index (χ1n) is 1.41. The molecule has 0 aliphatic rings. The second-order valence-electron chi connectivity index (χ2n) is 0.989. The molecule has 0 N–H and O–H groups in total. The first-order chi connectivity index (χ1) is 2.27. The molecule has 0 atom stereocenters. The van der Waals surface area contributed by atoms with Crippen LogP contribution in [0.4, 0.5) is 0 Å². The van der Waals surface area contributed by atoms with Crippen molar-refractivity contribution in [2.24, 2.45) is 5.10 Å². The van der Waals surface area contributed by atoms with Gasteiger partial charge in [0.2, 0.25) is 0 Å². The Kier molecular flexibility index (Phi) is 1.57. The van der Waals surface area contributed by atoms with Crippen molar-refractivity contribution in [3.8, 4) is 0 Å². The zero-order valence-corrected chi connectivity index (χ0v) is 3.60. The standard InChI is InChI=1S/C3H8N2/c1-4-5(2)3/h1H2,2-3H3. The fourth-order valence-electron chi connectivity index (χ4n) is 0. The Hall–Kier alpha value is -0.530. The van der Waals surface area contributed by atoms with Gasteiger partial charge in [-0.3, -0.25) is 0 Å². The Morgan fingerprint density at radius 2 is 1.80 bits per heavy atom. The van der Waals surface area contributed by atoms with Gasteiger partial charge >= 0.3 is 0 Å². The molecule has 0 saturated heterocycles. The Labute approximate surface area is 32.1 Å². The van der Waals surface area contributed by atoms with Crippen molar-refractivity contribution in [1.82, 2.24) is 5.01 Å². The zero-order valence-electron chi connectivity index (χ0n) is 3.60. The summed E-state index contributed by atoms with van der Waals surface area (Å²) in [5, 5.41) is 5.11. The molecule has 0 amide bonds. The summed E-state index contributed by atoms with van der Waals surface area (Å²) in [5.41, 5.74) is 0. The van der Waals surface area contributed by atoms with Gasteiger partial charge in [-0.15, -0.1) is 0 Å². The maximum absolute atomic E-state index is 3.47. The molecule has 0 radical (unpaired) electrons. The molecule has 5 heavy (non-hydrogen) atoms. The third kappa shape index (κ3) is 3.47. The summed E-state index contributed by atoms with van der Waals surface area (Å²) < 4.78 is 0. The molecule has 0 aromatic heterocycles. The van der Waals surface area contributed by atoms with E-state index in [0.29, 0.717) is 0 Å². The number of hydrogen-bond donors (Lipinski definition) is 0. The van der Waals surface area contributed by atoms with Crippen LogP contribution < -0.4 is 0 Å². The summed E-state index contributed by atoms with van der Waals surface area (Å²) in [5.74, 6) is 0. The molecule has 0 saturated carbocycles. The number of hydrogen-bond acceptors (Lipinski definition) is 2. The fourth-order valence-corrected chi connectivity index (χ4v) is 0. The molecule has 2 nitrogen and oxygen atoms in total. The van der Waals surface area contributed by atoms with Crippen molar-refractivity contribution in [2.45, 2.75) is 0 Å². The lowest BCUT2D eigenvalue weighted by Gasteiger charge is -1.97. The largest absolute Gasteiger partial charge is 0.304 e. The van der Waals surface area contributed by atoms with Crippen molar-refractivity contribution in [3.05, 3.63) is 0 Å². The van der Waals surface area contributed by atoms with E-state index in [1.807, 2.05) is 14.1 Å². The van der Waals surface area contributed by atoms with Crippen molar-refractivity contribution in [3.63, 3.8) is 0 Å². The van der Waals surface area contributed by atoms with Crippen LogP contribution in [-0.2, 0) is 0 Å². The SMILES string of the molecule is C=NN(C)C. The Morgan fingerprint density at radius 3 is 1.80 bits per heavy atom. The van der Waals surface area contributed by atoms with Crippen LogP contribution in [0.3, 0.4) is 0 Å². The second-order valence-corrected chi connectivity index (χ2v) is 0.989. The minimum Gasteiger partial charge on any atom is -0.304 e. The average molecular weight is 72.1 g/mol. The van der Waals surface area contributed by atoms with E-state index in [0.717, 1.165) is 0 Å². The molecule has 2 heteroatoms. The van der Waals surface area contributed by atoms with Crippen LogP contribution in [0.25, 0.3) is 0 Å². The first kappa shape index (κ1) is 4.47. The van der Waals surface area contributed by atoms with Crippen LogP contribution in [0, 0.1) is 0 Å². The Morgan fingerprint density at radius 1 is 1.60 bits per heavy atom. The van der Waals surface area contributed by atoms with Gasteiger partial charge in [-0.25, -0.2) is 0 Å². The summed E-state index contributed by atoms with van der Waals surface area (Å²) >= 11 is 0. The Bertz CT molecular complexity index is 31.9. The molecule has 30 valence electrons. The van der Waals surface area contributed by atoms with E-state index in [-0.39, 0.29) is 0 Å². The molecule has 0 aromatic rings. The zero-order chi connectivity index (χ0) is 4.28. The molecular formula is C3H8N2. The quantitative estimate of drug-likeness (QED) is 0.318. The molecule has 0 rings (SSSR count). The van der Waals surface area contributed by atoms with E-state index >= 15 is 0 Å². The van der Waals surface area contributed by atoms with Crippen molar-refractivity contribution in [2.75, 3.05) is 14.1 Å². The van der Waals surface area contributed by atoms with Gasteiger partial charge in [-0.2, -0.15) is 5.10 Å². The highest BCUT2D eigenvalue weighted by Gasteiger charge is 1.62. The van der Waals surface area contributed by atoms with Crippen molar-refractivity contribution >= 4 is 6.72 Å². The van der Waals surface area contributed by atoms with Crippen LogP contribution in [0.2, 0.25) is 0 Å². The van der Waals surface area contributed by atoms with E-state index < -0.39 is 0 Å². The summed E-state index contributed by atoms with van der Waals surface area (Å²) in [7, 11) is 3.65. The van der Waals surface area contributed by atoms with Crippen molar-refractivity contribution < 1.29 is 0 Å². The number of nitrogens with zero attached hydrogens (tertiary/aromatic N) is 2. The second kappa shape index (κ2) is 1.76.